The summed E-state index contributed by atoms with van der Waals surface area (Å²) < 4.78 is 56.9. The van der Waals surface area contributed by atoms with Crippen molar-refractivity contribution in [3.05, 3.63) is 0 Å². The zero-order chi connectivity index (χ0) is 68.5. The fourth-order valence-electron chi connectivity index (χ4n) is 11.0. The number of hydrogen-bond acceptors (Lipinski definition) is 35. The molecule has 0 radical (unpaired) electrons. The van der Waals surface area contributed by atoms with E-state index in [1.54, 1.807) is 0 Å². The molecule has 41 nitrogen and oxygen atoms in total. The summed E-state index contributed by atoms with van der Waals surface area (Å²) in [6.45, 7) is -4.55. The Morgan fingerprint density at radius 1 is 0.495 bits per heavy atom. The predicted octanol–water partition coefficient (Wildman–Crippen LogP) is -15.5. The molecule has 5 fully saturated rings. The summed E-state index contributed by atoms with van der Waals surface area (Å²) in [4.78, 5) is 74.9. The Hall–Kier alpha value is -4.34. The van der Waals surface area contributed by atoms with Crippen molar-refractivity contribution in [2.24, 2.45) is 0 Å². The van der Waals surface area contributed by atoms with E-state index in [0.717, 1.165) is 27.7 Å². The number of hydrogen-bond donors (Lipinski definition) is 25. The first-order valence-electron chi connectivity index (χ1n) is 28.3. The summed E-state index contributed by atoms with van der Waals surface area (Å²) in [7, 11) is 0. The lowest BCUT2D eigenvalue weighted by molar-refractivity contribution is -0.387. The number of carboxylic acids is 2. The number of carbonyl (C=O) groups is 6. The van der Waals surface area contributed by atoms with Crippen molar-refractivity contribution in [3.8, 4) is 0 Å². The number of carbonyl (C=O) groups excluding carboxylic acids is 4. The molecule has 0 aromatic heterocycles. The third-order valence-electron chi connectivity index (χ3n) is 15.6. The molecule has 0 aliphatic carbocycles. The summed E-state index contributed by atoms with van der Waals surface area (Å²) >= 11 is 0. The topological polar surface area (TPSA) is 668 Å². The number of ether oxygens (including phenoxy) is 10. The minimum absolute atomic E-state index is 0.826. The maximum Gasteiger partial charge on any atom is 0.364 e. The van der Waals surface area contributed by atoms with Crippen LogP contribution in [0.2, 0.25) is 0 Å². The molecule has 5 aliphatic heterocycles. The highest BCUT2D eigenvalue weighted by atomic mass is 16.8. The van der Waals surface area contributed by atoms with E-state index in [0.29, 0.717) is 0 Å². The molecule has 0 aromatic carbocycles. The molecule has 25 N–H and O–H groups in total. The van der Waals surface area contributed by atoms with Gasteiger partial charge >= 0.3 is 11.9 Å². The Morgan fingerprint density at radius 2 is 0.934 bits per heavy atom. The largest absolute Gasteiger partial charge is 0.477 e. The molecule has 5 heterocycles. The molecule has 31 atom stereocenters. The fourth-order valence-corrected chi connectivity index (χ4v) is 11.0. The lowest BCUT2D eigenvalue weighted by Crippen LogP contribution is -2.71. The van der Waals surface area contributed by atoms with E-state index >= 15 is 0 Å². The summed E-state index contributed by atoms with van der Waals surface area (Å²) in [6.07, 6.45) is -56.7. The van der Waals surface area contributed by atoms with Crippen molar-refractivity contribution in [3.63, 3.8) is 0 Å². The maximum absolute atomic E-state index is 13.0. The molecule has 0 unspecified atom stereocenters. The summed E-state index contributed by atoms with van der Waals surface area (Å²) in [5.41, 5.74) is 0. The Morgan fingerprint density at radius 3 is 1.38 bits per heavy atom. The van der Waals surface area contributed by atoms with Crippen molar-refractivity contribution >= 4 is 35.6 Å². The van der Waals surface area contributed by atoms with E-state index < -0.39 is 284 Å². The van der Waals surface area contributed by atoms with Gasteiger partial charge in [0, 0.05) is 40.5 Å². The van der Waals surface area contributed by atoms with E-state index in [1.807, 2.05) is 0 Å². The number of aliphatic hydroxyl groups is 19. The average Bonchev–Trinajstić information content (AvgIpc) is 1.37. The normalized spacial score (nSPS) is 39.8. The van der Waals surface area contributed by atoms with Gasteiger partial charge in [0.15, 0.2) is 18.9 Å². The Kier molecular flexibility index (Phi) is 28.4. The average molecular weight is 1330 g/mol. The molecule has 0 aromatic rings. The van der Waals surface area contributed by atoms with Crippen LogP contribution in [0.4, 0.5) is 0 Å². The summed E-state index contributed by atoms with van der Waals surface area (Å²) in [5.74, 6) is -14.0. The third-order valence-corrected chi connectivity index (χ3v) is 15.6. The van der Waals surface area contributed by atoms with Gasteiger partial charge in [-0.05, 0) is 0 Å². The molecular weight excluding hydrogens is 1250 g/mol. The second-order valence-corrected chi connectivity index (χ2v) is 22.4. The highest BCUT2D eigenvalue weighted by Gasteiger charge is 2.62. The number of rotatable bonds is 30. The fraction of sp³-hybridized carbons (Fsp3) is 0.880. The lowest BCUT2D eigenvalue weighted by Gasteiger charge is -2.51. The number of aliphatic carboxylic acids is 2. The lowest BCUT2D eigenvalue weighted by atomic mass is 9.88. The number of amides is 4. The smallest absolute Gasteiger partial charge is 0.364 e. The third kappa shape index (κ3) is 18.0. The van der Waals surface area contributed by atoms with Gasteiger partial charge in [-0.1, -0.05) is 0 Å². The van der Waals surface area contributed by atoms with Gasteiger partial charge in [-0.15, -0.1) is 0 Å². The first-order valence-corrected chi connectivity index (χ1v) is 28.3. The van der Waals surface area contributed by atoms with Crippen molar-refractivity contribution in [1.82, 2.24) is 21.3 Å². The van der Waals surface area contributed by atoms with Crippen LogP contribution < -0.4 is 21.3 Å². The quantitative estimate of drug-likeness (QED) is 0.0318. The zero-order valence-corrected chi connectivity index (χ0v) is 49.0. The van der Waals surface area contributed by atoms with Crippen molar-refractivity contribution in [1.29, 1.82) is 0 Å². The van der Waals surface area contributed by atoms with Gasteiger partial charge < -0.3 is 176 Å². The van der Waals surface area contributed by atoms with E-state index in [-0.39, 0.29) is 0 Å². The van der Waals surface area contributed by atoms with Crippen molar-refractivity contribution in [2.75, 3.05) is 46.2 Å². The van der Waals surface area contributed by atoms with Gasteiger partial charge in [-0.25, -0.2) is 9.59 Å². The van der Waals surface area contributed by atoms with Crippen LogP contribution in [-0.2, 0) is 76.1 Å². The van der Waals surface area contributed by atoms with Gasteiger partial charge in [0.25, 0.3) is 11.6 Å². The monoisotopic (exact) mass is 1330 g/mol. The summed E-state index contributed by atoms with van der Waals surface area (Å²) in [6, 6.07) is -7.09. The number of aliphatic hydroxyl groups excluding tert-OH is 19. The molecule has 0 saturated carbocycles. The Balaban J connectivity index is 1.38. The van der Waals surface area contributed by atoms with E-state index in [2.05, 4.69) is 21.3 Å². The van der Waals surface area contributed by atoms with Crippen LogP contribution in [0.15, 0.2) is 0 Å². The van der Waals surface area contributed by atoms with Gasteiger partial charge in [0.2, 0.25) is 23.6 Å². The Labute approximate surface area is 515 Å². The predicted molar refractivity (Wildman–Crippen MR) is 282 cm³/mol. The van der Waals surface area contributed by atoms with Crippen LogP contribution in [-0.4, -0.2) is 378 Å². The number of carboxylic acid groups (broad SMARTS) is 2. The molecule has 526 valence electrons. The summed E-state index contributed by atoms with van der Waals surface area (Å²) in [5, 5.41) is 236. The number of nitrogens with one attached hydrogen (secondary N) is 4. The van der Waals surface area contributed by atoms with E-state index in [1.165, 1.54) is 0 Å². The van der Waals surface area contributed by atoms with E-state index in [4.69, 9.17) is 47.4 Å². The molecule has 5 aliphatic rings. The maximum atomic E-state index is 13.0. The van der Waals surface area contributed by atoms with Crippen LogP contribution in [0.1, 0.15) is 40.5 Å². The first kappa shape index (κ1) is 77.4. The molecule has 4 amide bonds. The van der Waals surface area contributed by atoms with Crippen LogP contribution in [0.3, 0.4) is 0 Å². The second-order valence-electron chi connectivity index (χ2n) is 22.4. The molecule has 5 saturated heterocycles. The molecule has 41 heteroatoms. The molecule has 0 bridgehead atoms. The van der Waals surface area contributed by atoms with Crippen molar-refractivity contribution in [2.45, 2.75) is 229 Å². The van der Waals surface area contributed by atoms with Crippen LogP contribution in [0.25, 0.3) is 0 Å². The first-order chi connectivity index (χ1) is 42.6. The highest BCUT2D eigenvalue weighted by Crippen LogP contribution is 2.40. The van der Waals surface area contributed by atoms with Gasteiger partial charge in [-0.2, -0.15) is 0 Å². The highest BCUT2D eigenvalue weighted by molar-refractivity contribution is 5.77. The molecule has 5 rings (SSSR count). The minimum atomic E-state index is -3.23. The van der Waals surface area contributed by atoms with Crippen LogP contribution in [0, 0.1) is 0 Å². The SMILES string of the molecule is CC(=O)N[C@H]1[C@H](O[C@@H]2[C@H](O)[C@@H](O)[C@H](O[C@@H]([C@@H](O)[C@H](O)CO[C@]3(C(=O)O)C[C@H](O)[C@@H](NC(C)=O)[C@H]([C@H](O)[C@H](O)CO)O3)[C@H](CO)NC(C)=O)O[C@@H]2CO)O[C@H](CO)[C@@H](O[C@@H]2O[C@H](CO)[C@H](O)[C@H](O[C@]3(C(=O)O)C[C@H](O)[C@@H](NC(C)=O)[C@H]([C@H](O)[C@H](O)CO)O3)[C@H]2O)[C@@H]1O. The molecule has 91 heavy (non-hydrogen) atoms. The van der Waals surface area contributed by atoms with Gasteiger partial charge in [0.05, 0.1) is 76.6 Å². The van der Waals surface area contributed by atoms with Crippen LogP contribution >= 0.6 is 0 Å². The van der Waals surface area contributed by atoms with E-state index in [9.17, 15) is 136 Å². The Bertz CT molecular complexity index is 2390. The van der Waals surface area contributed by atoms with Gasteiger partial charge in [-0.3, -0.25) is 19.2 Å². The second kappa shape index (κ2) is 33.4. The van der Waals surface area contributed by atoms with Crippen molar-refractivity contribution < 1.29 is 183 Å². The van der Waals surface area contributed by atoms with Crippen LogP contribution in [0.5, 0.6) is 0 Å². The molecule has 0 spiro atoms. The minimum Gasteiger partial charge on any atom is -0.477 e. The van der Waals surface area contributed by atoms with Gasteiger partial charge in [0.1, 0.15) is 128 Å². The zero-order valence-electron chi connectivity index (χ0n) is 49.0. The molecular formula is C50H84N4O37. The standard InChI is InChI=1S/C50H84N4O37/c1-14(61)51-18(7-55)38(32(72)23(69)13-82-49(47(78)79)5-19(65)27(52-15(2)62)41(89-49)30(70)21(67)8-56)86-45-36(76)35(75)40(26(12-60)85-45)87-44-29(54-17(4)64)34(74)39(25(11-59)84-44)88-46-37(77)43(33(73)24(10-58)83-46)91-50(48(80)81)6-20(66)28(53-16(3)63)42(90-50)31(71)22(68)9-57/h18-46,55-60,65-77H,5-13H2,1-4H3,(H,51,61)(H,52,62)(H,53,63)(H,54,64)(H,78,79)(H,80,81)/t18-,19-,20-,21+,22+,23+,24+,25+,26+,27+,28+,29+,30+,31+,32-,33-,34+,35+,36+,37+,38+,39+,40-,41+,42+,43-,44-,45-,46-,49+,50-/m0/s1.